The molecule has 0 amide bonds. The van der Waals surface area contributed by atoms with Crippen LogP contribution in [0.1, 0.15) is 26.7 Å². The van der Waals surface area contributed by atoms with Crippen molar-refractivity contribution in [2.24, 2.45) is 5.11 Å². The lowest BCUT2D eigenvalue weighted by Gasteiger charge is -2.10. The summed E-state index contributed by atoms with van der Waals surface area (Å²) in [6.45, 7) is 4.05. The number of hydrogen-bond acceptors (Lipinski definition) is 2. The van der Waals surface area contributed by atoms with Crippen LogP contribution in [0.4, 0.5) is 0 Å². The molecule has 0 aliphatic carbocycles. The third kappa shape index (κ3) is 1.85. The Morgan fingerprint density at radius 3 is 3.00 bits per heavy atom. The summed E-state index contributed by atoms with van der Waals surface area (Å²) in [4.78, 5) is 2.80. The van der Waals surface area contributed by atoms with Gasteiger partial charge >= 0.3 is 0 Å². The highest BCUT2D eigenvalue weighted by Gasteiger charge is 2.30. The number of nitrogens with zero attached hydrogens (tertiary/aromatic N) is 3. The summed E-state index contributed by atoms with van der Waals surface area (Å²) in [5, 5.41) is 3.68. The van der Waals surface area contributed by atoms with Crippen LogP contribution in [0, 0.1) is 0 Å². The van der Waals surface area contributed by atoms with Crippen molar-refractivity contribution in [3.63, 3.8) is 0 Å². The van der Waals surface area contributed by atoms with Crippen LogP contribution in [0.5, 0.6) is 0 Å². The minimum absolute atomic E-state index is 0.0556. The van der Waals surface area contributed by atoms with E-state index >= 15 is 0 Å². The number of ether oxygens (including phenoxy) is 1. The van der Waals surface area contributed by atoms with Crippen LogP contribution in [-0.4, -0.2) is 18.2 Å². The molecule has 11 heavy (non-hydrogen) atoms. The fourth-order valence-corrected chi connectivity index (χ4v) is 1.49. The first-order chi connectivity index (χ1) is 5.27. The summed E-state index contributed by atoms with van der Waals surface area (Å²) in [5.41, 5.74) is 8.23. The van der Waals surface area contributed by atoms with Crippen molar-refractivity contribution in [2.75, 3.05) is 0 Å². The Kier molecular flexibility index (Phi) is 2.74. The highest BCUT2D eigenvalue weighted by molar-refractivity contribution is 4.85. The van der Waals surface area contributed by atoms with Gasteiger partial charge in [0.05, 0.1) is 18.2 Å². The molecule has 1 aliphatic rings. The van der Waals surface area contributed by atoms with E-state index in [1.807, 2.05) is 13.8 Å². The molecule has 3 atom stereocenters. The van der Waals surface area contributed by atoms with Gasteiger partial charge in [0.2, 0.25) is 0 Å². The van der Waals surface area contributed by atoms with Crippen molar-refractivity contribution in [1.29, 1.82) is 0 Å². The molecule has 4 heteroatoms. The Morgan fingerprint density at radius 1 is 1.73 bits per heavy atom. The first kappa shape index (κ1) is 8.37. The normalized spacial score (nSPS) is 36.7. The van der Waals surface area contributed by atoms with Crippen LogP contribution >= 0.6 is 0 Å². The maximum atomic E-state index is 8.23. The van der Waals surface area contributed by atoms with E-state index in [9.17, 15) is 0 Å². The predicted octanol–water partition coefficient (Wildman–Crippen LogP) is 2.25. The van der Waals surface area contributed by atoms with Crippen molar-refractivity contribution < 1.29 is 4.74 Å². The van der Waals surface area contributed by atoms with Gasteiger partial charge in [0.25, 0.3) is 0 Å². The Hall–Kier alpha value is -0.730. The average molecular weight is 155 g/mol. The minimum atomic E-state index is 0.0556. The third-order valence-electron chi connectivity index (χ3n) is 2.01. The molecule has 0 aromatic carbocycles. The Labute approximate surface area is 66.2 Å². The van der Waals surface area contributed by atoms with Crippen LogP contribution in [0.3, 0.4) is 0 Å². The summed E-state index contributed by atoms with van der Waals surface area (Å²) in [7, 11) is 0. The molecule has 0 aromatic rings. The van der Waals surface area contributed by atoms with Crippen molar-refractivity contribution >= 4 is 0 Å². The minimum Gasteiger partial charge on any atom is -0.375 e. The summed E-state index contributed by atoms with van der Waals surface area (Å²) in [6, 6.07) is 0.0556. The molecule has 0 bridgehead atoms. The number of hydrogen-bond donors (Lipinski definition) is 0. The SMILES string of the molecule is CC[C@H]1O[C@@H](C)CC1N=[N+]=[N-]. The Morgan fingerprint density at radius 2 is 2.45 bits per heavy atom. The summed E-state index contributed by atoms with van der Waals surface area (Å²) in [5.74, 6) is 0. The van der Waals surface area contributed by atoms with E-state index in [0.29, 0.717) is 0 Å². The Balaban J connectivity index is 2.56. The van der Waals surface area contributed by atoms with Crippen molar-refractivity contribution in [1.82, 2.24) is 0 Å². The van der Waals surface area contributed by atoms with Crippen LogP contribution in [-0.2, 0) is 4.74 Å². The van der Waals surface area contributed by atoms with Crippen molar-refractivity contribution in [3.05, 3.63) is 10.4 Å². The molecule has 1 fully saturated rings. The van der Waals surface area contributed by atoms with Gasteiger partial charge in [0.15, 0.2) is 0 Å². The van der Waals surface area contributed by atoms with Crippen molar-refractivity contribution in [2.45, 2.75) is 44.9 Å². The van der Waals surface area contributed by atoms with Crippen LogP contribution in [0.15, 0.2) is 5.11 Å². The van der Waals surface area contributed by atoms with E-state index in [0.717, 1.165) is 12.8 Å². The van der Waals surface area contributed by atoms with Gasteiger partial charge in [-0.3, -0.25) is 0 Å². The van der Waals surface area contributed by atoms with Gasteiger partial charge in [-0.25, -0.2) is 0 Å². The van der Waals surface area contributed by atoms with Gasteiger partial charge in [0, 0.05) is 4.91 Å². The maximum Gasteiger partial charge on any atom is 0.0661 e. The molecule has 1 rings (SSSR count). The zero-order valence-electron chi connectivity index (χ0n) is 6.90. The van der Waals surface area contributed by atoms with Gasteiger partial charge in [-0.15, -0.1) is 0 Å². The molecule has 1 unspecified atom stereocenters. The van der Waals surface area contributed by atoms with E-state index in [-0.39, 0.29) is 18.2 Å². The van der Waals surface area contributed by atoms with Crippen molar-refractivity contribution in [3.8, 4) is 0 Å². The molecule has 0 aromatic heterocycles. The second-order valence-corrected chi connectivity index (χ2v) is 2.90. The molecule has 4 nitrogen and oxygen atoms in total. The summed E-state index contributed by atoms with van der Waals surface area (Å²) in [6.07, 6.45) is 2.17. The van der Waals surface area contributed by atoms with E-state index in [1.54, 1.807) is 0 Å². The quantitative estimate of drug-likeness (QED) is 0.342. The molecule has 1 heterocycles. The summed E-state index contributed by atoms with van der Waals surface area (Å²) >= 11 is 0. The Bertz CT molecular complexity index is 177. The molecule has 0 spiro atoms. The van der Waals surface area contributed by atoms with Gasteiger partial charge in [-0.05, 0) is 25.3 Å². The molecule has 1 aliphatic heterocycles. The van der Waals surface area contributed by atoms with Crippen LogP contribution in [0.25, 0.3) is 10.4 Å². The van der Waals surface area contributed by atoms with Gasteiger partial charge < -0.3 is 4.74 Å². The van der Waals surface area contributed by atoms with Crippen LogP contribution in [0.2, 0.25) is 0 Å². The molecule has 1 saturated heterocycles. The zero-order chi connectivity index (χ0) is 8.27. The monoisotopic (exact) mass is 155 g/mol. The molecular formula is C7H13N3O. The standard InChI is InChI=1S/C7H13N3O/c1-3-7-6(9-10-8)4-5(2)11-7/h5-7H,3-4H2,1-2H3/t5-,6?,7+/m0/s1. The molecule has 0 saturated carbocycles. The second kappa shape index (κ2) is 3.60. The molecule has 0 N–H and O–H groups in total. The van der Waals surface area contributed by atoms with E-state index in [2.05, 4.69) is 10.0 Å². The smallest absolute Gasteiger partial charge is 0.0661 e. The second-order valence-electron chi connectivity index (χ2n) is 2.90. The fraction of sp³-hybridized carbons (Fsp3) is 1.00. The van der Waals surface area contributed by atoms with E-state index < -0.39 is 0 Å². The lowest BCUT2D eigenvalue weighted by molar-refractivity contribution is 0.0501. The zero-order valence-corrected chi connectivity index (χ0v) is 6.90. The lowest BCUT2D eigenvalue weighted by atomic mass is 10.1. The summed E-state index contributed by atoms with van der Waals surface area (Å²) < 4.78 is 5.51. The third-order valence-corrected chi connectivity index (χ3v) is 2.01. The maximum absolute atomic E-state index is 8.23. The topological polar surface area (TPSA) is 58.0 Å². The highest BCUT2D eigenvalue weighted by Crippen LogP contribution is 2.24. The van der Waals surface area contributed by atoms with Crippen LogP contribution < -0.4 is 0 Å². The molecule has 0 radical (unpaired) electrons. The number of azide groups is 1. The average Bonchev–Trinajstić information content (AvgIpc) is 2.32. The van der Waals surface area contributed by atoms with Gasteiger partial charge in [-0.1, -0.05) is 12.0 Å². The lowest BCUT2D eigenvalue weighted by Crippen LogP contribution is -2.17. The van der Waals surface area contributed by atoms with Gasteiger partial charge in [-0.2, -0.15) is 0 Å². The molecular weight excluding hydrogens is 142 g/mol. The largest absolute Gasteiger partial charge is 0.375 e. The fourth-order valence-electron chi connectivity index (χ4n) is 1.49. The van der Waals surface area contributed by atoms with E-state index in [4.69, 9.17) is 10.3 Å². The number of rotatable bonds is 2. The van der Waals surface area contributed by atoms with E-state index in [1.165, 1.54) is 0 Å². The first-order valence-electron chi connectivity index (χ1n) is 3.97. The predicted molar refractivity (Wildman–Crippen MR) is 42.2 cm³/mol. The molecule has 62 valence electrons. The first-order valence-corrected chi connectivity index (χ1v) is 3.97. The highest BCUT2D eigenvalue weighted by atomic mass is 16.5. The van der Waals surface area contributed by atoms with Gasteiger partial charge in [0.1, 0.15) is 0 Å².